The van der Waals surface area contributed by atoms with E-state index < -0.39 is 4.92 Å². The average Bonchev–Trinajstić information content (AvgIpc) is 2.51. The minimum Gasteiger partial charge on any atom is -0.383 e. The first-order valence-corrected chi connectivity index (χ1v) is 8.10. The van der Waals surface area contributed by atoms with Crippen molar-refractivity contribution >= 4 is 57.6 Å². The van der Waals surface area contributed by atoms with Crippen LogP contribution in [0.1, 0.15) is 0 Å². The molecule has 0 unspecified atom stereocenters. The number of non-ortho nitro benzene ring substituents is 1. The van der Waals surface area contributed by atoms with Gasteiger partial charge in [-0.3, -0.25) is 10.1 Å². The Morgan fingerprint density at radius 2 is 1.67 bits per heavy atom. The van der Waals surface area contributed by atoms with Gasteiger partial charge in [0.1, 0.15) is 0 Å². The van der Waals surface area contributed by atoms with Crippen LogP contribution in [-0.4, -0.2) is 23.1 Å². The van der Waals surface area contributed by atoms with E-state index in [9.17, 15) is 10.1 Å². The number of nitro benzene ring substituents is 1. The summed E-state index contributed by atoms with van der Waals surface area (Å²) in [6.07, 6.45) is 0. The predicted octanol–water partition coefficient (Wildman–Crippen LogP) is 4.30. The minimum absolute atomic E-state index is 0.0595. The molecule has 0 fully saturated rings. The molecule has 0 saturated carbocycles. The zero-order valence-corrected chi connectivity index (χ0v) is 14.7. The lowest BCUT2D eigenvalue weighted by Gasteiger charge is -2.12. The van der Waals surface area contributed by atoms with E-state index in [2.05, 4.69) is 16.0 Å². The fourth-order valence-electron chi connectivity index (χ4n) is 1.89. The van der Waals surface area contributed by atoms with Gasteiger partial charge in [0.25, 0.3) is 5.69 Å². The molecule has 0 heterocycles. The monoisotopic (exact) mass is 384 g/mol. The largest absolute Gasteiger partial charge is 0.383 e. The molecule has 0 amide bonds. The molecule has 2 aromatic rings. The number of anilines is 2. The molecule has 0 saturated heterocycles. The van der Waals surface area contributed by atoms with Crippen LogP contribution in [0.5, 0.6) is 0 Å². The second-order valence-corrected chi connectivity index (χ2v) is 6.05. The molecule has 24 heavy (non-hydrogen) atoms. The Morgan fingerprint density at radius 3 is 2.25 bits per heavy atom. The van der Waals surface area contributed by atoms with Crippen LogP contribution in [0.25, 0.3) is 0 Å². The quantitative estimate of drug-likeness (QED) is 0.298. The first-order valence-electron chi connectivity index (χ1n) is 6.93. The van der Waals surface area contributed by atoms with Crippen molar-refractivity contribution in [1.82, 2.24) is 5.32 Å². The number of thiocarbonyl (C=S) groups is 1. The molecule has 0 spiro atoms. The molecule has 0 atom stereocenters. The summed E-state index contributed by atoms with van der Waals surface area (Å²) in [5.74, 6) is 0. The van der Waals surface area contributed by atoms with Gasteiger partial charge >= 0.3 is 0 Å². The summed E-state index contributed by atoms with van der Waals surface area (Å²) in [6.45, 7) is 1.16. The third kappa shape index (κ3) is 5.84. The van der Waals surface area contributed by atoms with Crippen LogP contribution in [0.15, 0.2) is 42.5 Å². The van der Waals surface area contributed by atoms with E-state index in [1.165, 1.54) is 12.1 Å². The van der Waals surface area contributed by atoms with Gasteiger partial charge in [0.15, 0.2) is 5.11 Å². The van der Waals surface area contributed by atoms with Crippen molar-refractivity contribution in [1.29, 1.82) is 0 Å². The fraction of sp³-hybridized carbons (Fsp3) is 0.133. The summed E-state index contributed by atoms with van der Waals surface area (Å²) in [6, 6.07) is 11.3. The van der Waals surface area contributed by atoms with Crippen LogP contribution in [0.2, 0.25) is 10.0 Å². The molecule has 6 nitrogen and oxygen atoms in total. The van der Waals surface area contributed by atoms with Crippen molar-refractivity contribution in [2.24, 2.45) is 0 Å². The number of hydrogen-bond donors (Lipinski definition) is 3. The number of halogens is 2. The van der Waals surface area contributed by atoms with Crippen molar-refractivity contribution in [3.63, 3.8) is 0 Å². The minimum atomic E-state index is -0.433. The number of rotatable bonds is 6. The predicted molar refractivity (Wildman–Crippen MR) is 102 cm³/mol. The topological polar surface area (TPSA) is 79.2 Å². The number of nitro groups is 1. The van der Waals surface area contributed by atoms with Crippen molar-refractivity contribution in [2.75, 3.05) is 23.7 Å². The molecule has 2 aromatic carbocycles. The molecular weight excluding hydrogens is 371 g/mol. The first kappa shape index (κ1) is 18.3. The van der Waals surface area contributed by atoms with E-state index in [0.29, 0.717) is 33.9 Å². The highest BCUT2D eigenvalue weighted by Gasteiger charge is 2.04. The van der Waals surface area contributed by atoms with E-state index in [-0.39, 0.29) is 5.69 Å². The molecule has 0 aromatic heterocycles. The van der Waals surface area contributed by atoms with Gasteiger partial charge < -0.3 is 16.0 Å². The highest BCUT2D eigenvalue weighted by atomic mass is 35.5. The van der Waals surface area contributed by atoms with Gasteiger partial charge in [0, 0.05) is 46.6 Å². The van der Waals surface area contributed by atoms with Crippen molar-refractivity contribution in [2.45, 2.75) is 0 Å². The average molecular weight is 385 g/mol. The standard InChI is InChI=1S/C15H14Cl2N4O2S/c16-10-7-11(17)9-13(8-10)20-15(24)19-6-5-18-12-1-3-14(4-2-12)21(22)23/h1-4,7-9,18H,5-6H2,(H2,19,20,24). The van der Waals surface area contributed by atoms with Crippen LogP contribution in [0.4, 0.5) is 17.1 Å². The second kappa shape index (κ2) is 8.68. The summed E-state index contributed by atoms with van der Waals surface area (Å²) in [7, 11) is 0. The van der Waals surface area contributed by atoms with Gasteiger partial charge in [0.05, 0.1) is 4.92 Å². The fourth-order valence-corrected chi connectivity index (χ4v) is 2.63. The van der Waals surface area contributed by atoms with Crippen molar-refractivity contribution in [3.8, 4) is 0 Å². The molecule has 0 aliphatic heterocycles. The van der Waals surface area contributed by atoms with Crippen LogP contribution >= 0.6 is 35.4 Å². The first-order chi connectivity index (χ1) is 11.4. The molecule has 0 aliphatic rings. The normalized spacial score (nSPS) is 10.1. The summed E-state index contributed by atoms with van der Waals surface area (Å²) in [5.41, 5.74) is 1.56. The number of hydrogen-bond acceptors (Lipinski definition) is 4. The number of nitrogens with one attached hydrogen (secondary N) is 3. The van der Waals surface area contributed by atoms with Crippen LogP contribution in [0.3, 0.4) is 0 Å². The van der Waals surface area contributed by atoms with Gasteiger partial charge in [-0.2, -0.15) is 0 Å². The Morgan fingerprint density at radius 1 is 1.04 bits per heavy atom. The maximum atomic E-state index is 10.6. The summed E-state index contributed by atoms with van der Waals surface area (Å²) < 4.78 is 0. The van der Waals surface area contributed by atoms with Crippen LogP contribution < -0.4 is 16.0 Å². The maximum Gasteiger partial charge on any atom is 0.269 e. The van der Waals surface area contributed by atoms with Crippen LogP contribution in [0, 0.1) is 10.1 Å². The Bertz CT molecular complexity index is 721. The van der Waals surface area contributed by atoms with E-state index in [0.717, 1.165) is 5.69 Å². The Hall–Kier alpha value is -2.09. The molecule has 2 rings (SSSR count). The van der Waals surface area contributed by atoms with Gasteiger partial charge in [-0.15, -0.1) is 0 Å². The summed E-state index contributed by atoms with van der Waals surface area (Å²) in [4.78, 5) is 10.1. The Labute approximate surface area is 154 Å². The van der Waals surface area contributed by atoms with Crippen molar-refractivity contribution in [3.05, 3.63) is 62.6 Å². The van der Waals surface area contributed by atoms with E-state index >= 15 is 0 Å². The van der Waals surface area contributed by atoms with E-state index in [1.54, 1.807) is 30.3 Å². The highest BCUT2D eigenvalue weighted by molar-refractivity contribution is 7.80. The molecule has 0 aliphatic carbocycles. The molecule has 9 heteroatoms. The Balaban J connectivity index is 1.73. The van der Waals surface area contributed by atoms with Crippen molar-refractivity contribution < 1.29 is 4.92 Å². The molecule has 0 bridgehead atoms. The SMILES string of the molecule is O=[N+]([O-])c1ccc(NCCNC(=S)Nc2cc(Cl)cc(Cl)c2)cc1. The zero-order chi connectivity index (χ0) is 17.5. The third-order valence-electron chi connectivity index (χ3n) is 2.94. The summed E-state index contributed by atoms with van der Waals surface area (Å²) >= 11 is 17.0. The van der Waals surface area contributed by atoms with Gasteiger partial charge in [-0.05, 0) is 42.5 Å². The van der Waals surface area contributed by atoms with E-state index in [4.69, 9.17) is 35.4 Å². The van der Waals surface area contributed by atoms with Crippen LogP contribution in [-0.2, 0) is 0 Å². The zero-order valence-electron chi connectivity index (χ0n) is 12.4. The van der Waals surface area contributed by atoms with Gasteiger partial charge in [-0.1, -0.05) is 23.2 Å². The lowest BCUT2D eigenvalue weighted by Crippen LogP contribution is -2.32. The maximum absolute atomic E-state index is 10.6. The molecule has 126 valence electrons. The third-order valence-corrected chi connectivity index (χ3v) is 3.62. The van der Waals surface area contributed by atoms with E-state index in [1.807, 2.05) is 0 Å². The number of nitrogens with zero attached hydrogens (tertiary/aromatic N) is 1. The highest BCUT2D eigenvalue weighted by Crippen LogP contribution is 2.22. The number of benzene rings is 2. The summed E-state index contributed by atoms with van der Waals surface area (Å²) in [5, 5.41) is 21.2. The lowest BCUT2D eigenvalue weighted by atomic mass is 10.3. The molecule has 0 radical (unpaired) electrons. The Kier molecular flexibility index (Phi) is 6.60. The lowest BCUT2D eigenvalue weighted by molar-refractivity contribution is -0.384. The second-order valence-electron chi connectivity index (χ2n) is 4.77. The smallest absolute Gasteiger partial charge is 0.269 e. The molecular formula is C15H14Cl2N4O2S. The van der Waals surface area contributed by atoms with Gasteiger partial charge in [0.2, 0.25) is 0 Å². The molecule has 3 N–H and O–H groups in total. The van der Waals surface area contributed by atoms with Gasteiger partial charge in [-0.25, -0.2) is 0 Å².